The lowest BCUT2D eigenvalue weighted by atomic mass is 9.87. The van der Waals surface area contributed by atoms with Gasteiger partial charge in [-0.15, -0.1) is 0 Å². The Labute approximate surface area is 226 Å². The molecule has 0 aliphatic carbocycles. The number of rotatable bonds is 11. The number of hydrogen-bond acceptors (Lipinski definition) is 3. The summed E-state index contributed by atoms with van der Waals surface area (Å²) < 4.78 is 19.5. The molecule has 6 heteroatoms. The summed E-state index contributed by atoms with van der Waals surface area (Å²) in [6, 6.07) is 22.5. The Hall–Kier alpha value is -3.67. The molecule has 0 heterocycles. The topological polar surface area (TPSA) is 58.6 Å². The maximum atomic E-state index is 13.7. The Morgan fingerprint density at radius 1 is 0.921 bits per heavy atom. The van der Waals surface area contributed by atoms with E-state index in [0.717, 1.165) is 17.5 Å². The normalized spacial score (nSPS) is 12.9. The smallest absolute Gasteiger partial charge is 0.261 e. The van der Waals surface area contributed by atoms with Crippen LogP contribution in [0.3, 0.4) is 0 Å². The third-order valence-corrected chi connectivity index (χ3v) is 6.62. The van der Waals surface area contributed by atoms with E-state index >= 15 is 0 Å². The number of ether oxygens (including phenoxy) is 1. The van der Waals surface area contributed by atoms with E-state index in [1.165, 1.54) is 17.7 Å². The molecular formula is C32H39FN2O3. The van der Waals surface area contributed by atoms with Gasteiger partial charge >= 0.3 is 0 Å². The fourth-order valence-electron chi connectivity index (χ4n) is 4.06. The molecule has 38 heavy (non-hydrogen) atoms. The lowest BCUT2D eigenvalue weighted by Crippen LogP contribution is -2.53. The number of amides is 2. The van der Waals surface area contributed by atoms with Crippen LogP contribution in [-0.4, -0.2) is 35.4 Å². The van der Waals surface area contributed by atoms with Crippen molar-refractivity contribution in [1.29, 1.82) is 0 Å². The molecule has 0 radical (unpaired) electrons. The molecule has 0 saturated heterocycles. The Bertz CT molecular complexity index is 1170. The summed E-state index contributed by atoms with van der Waals surface area (Å²) >= 11 is 0. The Morgan fingerprint density at radius 2 is 1.55 bits per heavy atom. The predicted octanol–water partition coefficient (Wildman–Crippen LogP) is 6.06. The largest absolute Gasteiger partial charge is 0.484 e. The molecule has 1 N–H and O–H groups in total. The summed E-state index contributed by atoms with van der Waals surface area (Å²) in [6.07, 6.45) is 1.11. The van der Waals surface area contributed by atoms with Crippen LogP contribution in [0.4, 0.5) is 4.39 Å². The molecular weight excluding hydrogens is 479 g/mol. The summed E-state index contributed by atoms with van der Waals surface area (Å²) in [4.78, 5) is 28.7. The Kier molecular flexibility index (Phi) is 10.1. The SMILES string of the molecule is CC[C@H](C)NC(=O)[C@@H](Cc1ccccc1)N(Cc1ccc(F)cc1)C(=O)COc1ccc(C(C)(C)C)cc1. The zero-order chi connectivity index (χ0) is 27.7. The van der Waals surface area contributed by atoms with Gasteiger partial charge in [-0.25, -0.2) is 4.39 Å². The van der Waals surface area contributed by atoms with Gasteiger partial charge in [-0.1, -0.05) is 82.3 Å². The van der Waals surface area contributed by atoms with Gasteiger partial charge in [0.2, 0.25) is 5.91 Å². The van der Waals surface area contributed by atoms with E-state index in [1.54, 1.807) is 17.0 Å². The van der Waals surface area contributed by atoms with Gasteiger partial charge in [-0.05, 0) is 59.7 Å². The fraction of sp³-hybridized carbons (Fsp3) is 0.375. The molecule has 0 aliphatic heterocycles. The summed E-state index contributed by atoms with van der Waals surface area (Å²) in [5, 5.41) is 3.04. The molecule has 0 bridgehead atoms. The molecule has 3 aromatic carbocycles. The second-order valence-electron chi connectivity index (χ2n) is 10.7. The van der Waals surface area contributed by atoms with Gasteiger partial charge in [0.1, 0.15) is 17.6 Å². The molecule has 2 atom stereocenters. The minimum atomic E-state index is -0.768. The first-order chi connectivity index (χ1) is 18.1. The van der Waals surface area contributed by atoms with E-state index in [-0.39, 0.29) is 42.2 Å². The predicted molar refractivity (Wildman–Crippen MR) is 149 cm³/mol. The van der Waals surface area contributed by atoms with E-state index < -0.39 is 6.04 Å². The average molecular weight is 519 g/mol. The van der Waals surface area contributed by atoms with E-state index in [9.17, 15) is 14.0 Å². The van der Waals surface area contributed by atoms with Crippen molar-refractivity contribution in [2.45, 2.75) is 71.5 Å². The minimum absolute atomic E-state index is 0.00789. The lowest BCUT2D eigenvalue weighted by Gasteiger charge is -2.32. The molecule has 0 spiro atoms. The van der Waals surface area contributed by atoms with Crippen LogP contribution in [-0.2, 0) is 28.0 Å². The number of benzene rings is 3. The second-order valence-corrected chi connectivity index (χ2v) is 10.7. The zero-order valence-corrected chi connectivity index (χ0v) is 23.0. The molecule has 2 amide bonds. The zero-order valence-electron chi connectivity index (χ0n) is 23.0. The van der Waals surface area contributed by atoms with Crippen molar-refractivity contribution in [2.75, 3.05) is 6.61 Å². The van der Waals surface area contributed by atoms with Crippen LogP contribution in [0.5, 0.6) is 5.75 Å². The van der Waals surface area contributed by atoms with E-state index in [0.29, 0.717) is 12.2 Å². The van der Waals surface area contributed by atoms with Gasteiger partial charge < -0.3 is 15.0 Å². The van der Waals surface area contributed by atoms with Gasteiger partial charge in [0.15, 0.2) is 6.61 Å². The molecule has 0 fully saturated rings. The number of halogens is 1. The summed E-state index contributed by atoms with van der Waals surface area (Å²) in [7, 11) is 0. The van der Waals surface area contributed by atoms with Crippen LogP contribution in [0.1, 0.15) is 57.7 Å². The molecule has 5 nitrogen and oxygen atoms in total. The highest BCUT2D eigenvalue weighted by molar-refractivity contribution is 5.88. The van der Waals surface area contributed by atoms with E-state index in [2.05, 4.69) is 26.1 Å². The van der Waals surface area contributed by atoms with Crippen molar-refractivity contribution < 1.29 is 18.7 Å². The maximum Gasteiger partial charge on any atom is 0.261 e. The van der Waals surface area contributed by atoms with Gasteiger partial charge in [0, 0.05) is 19.0 Å². The first kappa shape index (κ1) is 28.9. The number of nitrogens with one attached hydrogen (secondary N) is 1. The Balaban J connectivity index is 1.88. The number of nitrogens with zero attached hydrogens (tertiary/aromatic N) is 1. The lowest BCUT2D eigenvalue weighted by molar-refractivity contribution is -0.143. The summed E-state index contributed by atoms with van der Waals surface area (Å²) in [5.41, 5.74) is 2.84. The van der Waals surface area contributed by atoms with Gasteiger partial charge in [-0.3, -0.25) is 9.59 Å². The van der Waals surface area contributed by atoms with Crippen LogP contribution in [0.2, 0.25) is 0 Å². The van der Waals surface area contributed by atoms with Crippen molar-refractivity contribution in [2.24, 2.45) is 0 Å². The third-order valence-electron chi connectivity index (χ3n) is 6.62. The number of hydrogen-bond donors (Lipinski definition) is 1. The summed E-state index contributed by atoms with van der Waals surface area (Å²) in [6.45, 7) is 10.3. The van der Waals surface area contributed by atoms with Crippen molar-refractivity contribution in [3.63, 3.8) is 0 Å². The molecule has 202 valence electrons. The van der Waals surface area contributed by atoms with Crippen molar-refractivity contribution in [3.8, 4) is 5.75 Å². The van der Waals surface area contributed by atoms with Crippen LogP contribution < -0.4 is 10.1 Å². The fourth-order valence-corrected chi connectivity index (χ4v) is 4.06. The number of carbonyl (C=O) groups is 2. The highest BCUT2D eigenvalue weighted by Gasteiger charge is 2.31. The number of carbonyl (C=O) groups excluding carboxylic acids is 2. The van der Waals surface area contributed by atoms with Crippen molar-refractivity contribution in [3.05, 3.63) is 101 Å². The third kappa shape index (κ3) is 8.44. The van der Waals surface area contributed by atoms with Crippen LogP contribution in [0.25, 0.3) is 0 Å². The van der Waals surface area contributed by atoms with Gasteiger partial charge in [0.05, 0.1) is 0 Å². The molecule has 0 saturated carbocycles. The Morgan fingerprint density at radius 3 is 2.13 bits per heavy atom. The van der Waals surface area contributed by atoms with Crippen molar-refractivity contribution in [1.82, 2.24) is 10.2 Å². The first-order valence-electron chi connectivity index (χ1n) is 13.2. The highest BCUT2D eigenvalue weighted by Crippen LogP contribution is 2.24. The van der Waals surface area contributed by atoms with Gasteiger partial charge in [-0.2, -0.15) is 0 Å². The van der Waals surface area contributed by atoms with Crippen LogP contribution >= 0.6 is 0 Å². The second kappa shape index (κ2) is 13.2. The quantitative estimate of drug-likeness (QED) is 0.336. The van der Waals surface area contributed by atoms with Crippen molar-refractivity contribution >= 4 is 11.8 Å². The summed E-state index contributed by atoms with van der Waals surface area (Å²) in [5.74, 6) is -0.330. The molecule has 0 aromatic heterocycles. The molecule has 3 rings (SSSR count). The highest BCUT2D eigenvalue weighted by atomic mass is 19.1. The minimum Gasteiger partial charge on any atom is -0.484 e. The standard InChI is InChI=1S/C32H39FN2O3/c1-6-23(2)34-31(37)29(20-24-10-8-7-9-11-24)35(21-25-12-16-27(33)17-13-25)30(36)22-38-28-18-14-26(15-19-28)32(3,4)5/h7-19,23,29H,6,20-22H2,1-5H3,(H,34,37)/t23-,29+/m0/s1. The van der Waals surface area contributed by atoms with Crippen LogP contribution in [0.15, 0.2) is 78.9 Å². The molecule has 0 aliphatic rings. The average Bonchev–Trinajstić information content (AvgIpc) is 2.90. The molecule has 3 aromatic rings. The first-order valence-corrected chi connectivity index (χ1v) is 13.2. The van der Waals surface area contributed by atoms with Crippen LogP contribution in [0, 0.1) is 5.82 Å². The maximum absolute atomic E-state index is 13.7. The van der Waals surface area contributed by atoms with E-state index in [4.69, 9.17) is 4.74 Å². The monoisotopic (exact) mass is 518 g/mol. The molecule has 0 unspecified atom stereocenters. The van der Waals surface area contributed by atoms with Gasteiger partial charge in [0.25, 0.3) is 5.91 Å². The van der Waals surface area contributed by atoms with E-state index in [1.807, 2.05) is 68.4 Å².